The summed E-state index contributed by atoms with van der Waals surface area (Å²) in [5.41, 5.74) is 4.70. The van der Waals surface area contributed by atoms with Crippen molar-refractivity contribution in [1.82, 2.24) is 9.55 Å². The van der Waals surface area contributed by atoms with Crippen molar-refractivity contribution in [2.75, 3.05) is 0 Å². The van der Waals surface area contributed by atoms with Gasteiger partial charge in [-0.15, -0.1) is 0 Å². The molecular formula is C17H18N2. The van der Waals surface area contributed by atoms with Crippen molar-refractivity contribution in [2.45, 2.75) is 13.8 Å². The van der Waals surface area contributed by atoms with Gasteiger partial charge in [-0.05, 0) is 30.5 Å². The Labute approximate surface area is 113 Å². The molecule has 1 unspecified atom stereocenters. The Morgan fingerprint density at radius 2 is 2.05 bits per heavy atom. The van der Waals surface area contributed by atoms with Crippen molar-refractivity contribution in [3.05, 3.63) is 60.0 Å². The van der Waals surface area contributed by atoms with E-state index in [4.69, 9.17) is 4.98 Å². The lowest BCUT2D eigenvalue weighted by atomic mass is 10.1. The first kappa shape index (κ1) is 12.0. The summed E-state index contributed by atoms with van der Waals surface area (Å²) in [6.45, 7) is 4.30. The van der Waals surface area contributed by atoms with Gasteiger partial charge in [0.2, 0.25) is 0 Å². The molecule has 2 aromatic rings. The van der Waals surface area contributed by atoms with Crippen LogP contribution in [-0.2, 0) is 7.05 Å². The summed E-state index contributed by atoms with van der Waals surface area (Å²) in [6, 6.07) is 6.39. The van der Waals surface area contributed by atoms with Gasteiger partial charge < -0.3 is 4.57 Å². The maximum Gasteiger partial charge on any atom is 0.140 e. The largest absolute Gasteiger partial charge is 0.327 e. The Morgan fingerprint density at radius 1 is 1.21 bits per heavy atom. The summed E-state index contributed by atoms with van der Waals surface area (Å²) in [5.74, 6) is 1.47. The summed E-state index contributed by atoms with van der Waals surface area (Å²) >= 11 is 0. The summed E-state index contributed by atoms with van der Waals surface area (Å²) < 4.78 is 2.18. The molecule has 96 valence electrons. The van der Waals surface area contributed by atoms with Gasteiger partial charge in [0.1, 0.15) is 5.82 Å². The van der Waals surface area contributed by atoms with Crippen molar-refractivity contribution in [1.29, 1.82) is 0 Å². The maximum atomic E-state index is 4.77. The van der Waals surface area contributed by atoms with Gasteiger partial charge in [-0.1, -0.05) is 43.4 Å². The van der Waals surface area contributed by atoms with E-state index in [-0.39, 0.29) is 0 Å². The summed E-state index contributed by atoms with van der Waals surface area (Å²) in [6.07, 6.45) is 10.8. The monoisotopic (exact) mass is 250 g/mol. The first-order valence-corrected chi connectivity index (χ1v) is 6.65. The number of allylic oxidation sites excluding steroid dienone is 6. The number of aromatic nitrogens is 2. The van der Waals surface area contributed by atoms with Gasteiger partial charge in [-0.3, -0.25) is 0 Å². The summed E-state index contributed by atoms with van der Waals surface area (Å²) in [7, 11) is 2.09. The van der Waals surface area contributed by atoms with E-state index in [9.17, 15) is 0 Å². The molecule has 0 aliphatic heterocycles. The number of benzene rings is 1. The van der Waals surface area contributed by atoms with E-state index < -0.39 is 0 Å². The van der Waals surface area contributed by atoms with E-state index in [0.717, 1.165) is 11.3 Å². The molecule has 1 heterocycles. The molecule has 1 aliphatic rings. The van der Waals surface area contributed by atoms with Crippen molar-refractivity contribution in [3.8, 4) is 0 Å². The van der Waals surface area contributed by atoms with Gasteiger partial charge in [-0.2, -0.15) is 0 Å². The van der Waals surface area contributed by atoms with Gasteiger partial charge in [0.25, 0.3) is 0 Å². The third-order valence-electron chi connectivity index (χ3n) is 3.54. The predicted octanol–water partition coefficient (Wildman–Crippen LogP) is 4.03. The molecule has 3 rings (SSSR count). The Balaban J connectivity index is 2.18. The molecule has 1 aromatic carbocycles. The zero-order valence-corrected chi connectivity index (χ0v) is 11.6. The highest BCUT2D eigenvalue weighted by Gasteiger charge is 2.11. The first-order chi connectivity index (χ1) is 9.15. The molecule has 0 spiro atoms. The van der Waals surface area contributed by atoms with Gasteiger partial charge in [0, 0.05) is 12.6 Å². The molecule has 0 saturated carbocycles. The molecule has 0 radical (unpaired) electrons. The van der Waals surface area contributed by atoms with Crippen LogP contribution >= 0.6 is 0 Å². The number of rotatable bonds is 1. The fourth-order valence-electron chi connectivity index (χ4n) is 2.50. The predicted molar refractivity (Wildman–Crippen MR) is 80.9 cm³/mol. The zero-order valence-electron chi connectivity index (χ0n) is 11.6. The smallest absolute Gasteiger partial charge is 0.140 e. The van der Waals surface area contributed by atoms with Crippen LogP contribution in [0.2, 0.25) is 0 Å². The highest BCUT2D eigenvalue weighted by Crippen LogP contribution is 2.24. The van der Waals surface area contributed by atoms with Gasteiger partial charge in [-0.25, -0.2) is 4.98 Å². The van der Waals surface area contributed by atoms with Crippen LogP contribution in [0.25, 0.3) is 16.6 Å². The molecule has 0 saturated heterocycles. The molecule has 1 atom stereocenters. The second-order valence-electron chi connectivity index (χ2n) is 5.21. The molecule has 2 nitrogen and oxygen atoms in total. The Bertz CT molecular complexity index is 714. The van der Waals surface area contributed by atoms with Crippen LogP contribution in [0, 0.1) is 12.8 Å². The van der Waals surface area contributed by atoms with Crippen LogP contribution in [0.5, 0.6) is 0 Å². The highest BCUT2D eigenvalue weighted by molar-refractivity contribution is 5.82. The van der Waals surface area contributed by atoms with E-state index in [0.29, 0.717) is 5.92 Å². The van der Waals surface area contributed by atoms with Crippen molar-refractivity contribution < 1.29 is 0 Å². The SMILES string of the molecule is Cc1ccc2nc(C3=CC(C)C=CC=C3)n(C)c2c1. The minimum Gasteiger partial charge on any atom is -0.327 e. The molecule has 0 amide bonds. The first-order valence-electron chi connectivity index (χ1n) is 6.65. The molecule has 19 heavy (non-hydrogen) atoms. The lowest BCUT2D eigenvalue weighted by Crippen LogP contribution is -1.97. The fraction of sp³-hybridized carbons (Fsp3) is 0.235. The number of fused-ring (bicyclic) bond motifs is 1. The van der Waals surface area contributed by atoms with Gasteiger partial charge in [0.05, 0.1) is 11.0 Å². The van der Waals surface area contributed by atoms with Crippen molar-refractivity contribution in [3.63, 3.8) is 0 Å². The Hall–Kier alpha value is -2.09. The van der Waals surface area contributed by atoms with Crippen molar-refractivity contribution in [2.24, 2.45) is 13.0 Å². The topological polar surface area (TPSA) is 17.8 Å². The van der Waals surface area contributed by atoms with E-state index in [1.807, 2.05) is 0 Å². The van der Waals surface area contributed by atoms with Crippen LogP contribution in [-0.4, -0.2) is 9.55 Å². The van der Waals surface area contributed by atoms with E-state index in [2.05, 4.69) is 74.0 Å². The maximum absolute atomic E-state index is 4.77. The van der Waals surface area contributed by atoms with Gasteiger partial charge in [0.15, 0.2) is 0 Å². The van der Waals surface area contributed by atoms with Crippen LogP contribution in [0.3, 0.4) is 0 Å². The average molecular weight is 250 g/mol. The number of hydrogen-bond donors (Lipinski definition) is 0. The molecule has 0 N–H and O–H groups in total. The number of aryl methyl sites for hydroxylation is 2. The lowest BCUT2D eigenvalue weighted by molar-refractivity contribution is 0.908. The molecule has 2 heteroatoms. The van der Waals surface area contributed by atoms with E-state index >= 15 is 0 Å². The second kappa shape index (κ2) is 4.54. The third-order valence-corrected chi connectivity index (χ3v) is 3.54. The van der Waals surface area contributed by atoms with E-state index in [1.165, 1.54) is 16.7 Å². The van der Waals surface area contributed by atoms with Crippen LogP contribution in [0.1, 0.15) is 18.3 Å². The molecule has 1 aromatic heterocycles. The number of nitrogens with zero attached hydrogens (tertiary/aromatic N) is 2. The zero-order chi connectivity index (χ0) is 13.4. The summed E-state index contributed by atoms with van der Waals surface area (Å²) in [5, 5.41) is 0. The van der Waals surface area contributed by atoms with Crippen LogP contribution < -0.4 is 0 Å². The normalized spacial score (nSPS) is 18.7. The Morgan fingerprint density at radius 3 is 2.89 bits per heavy atom. The molecular weight excluding hydrogens is 232 g/mol. The lowest BCUT2D eigenvalue weighted by Gasteiger charge is -2.05. The minimum absolute atomic E-state index is 0.437. The van der Waals surface area contributed by atoms with Crippen molar-refractivity contribution >= 4 is 16.6 Å². The quantitative estimate of drug-likeness (QED) is 0.747. The highest BCUT2D eigenvalue weighted by atomic mass is 15.1. The Kier molecular flexibility index (Phi) is 2.86. The standard InChI is InChI=1S/C17H18N2/c1-12-6-4-5-7-14(10-12)17-18-15-9-8-13(2)11-16(15)19(17)3/h4-12H,1-3H3. The minimum atomic E-state index is 0.437. The molecule has 0 fully saturated rings. The average Bonchev–Trinajstić information content (AvgIpc) is 2.57. The third kappa shape index (κ3) is 2.14. The number of imidazole rings is 1. The second-order valence-corrected chi connectivity index (χ2v) is 5.21. The van der Waals surface area contributed by atoms with Crippen LogP contribution in [0.4, 0.5) is 0 Å². The van der Waals surface area contributed by atoms with E-state index in [1.54, 1.807) is 0 Å². The van der Waals surface area contributed by atoms with Gasteiger partial charge >= 0.3 is 0 Å². The summed E-state index contributed by atoms with van der Waals surface area (Å²) in [4.78, 5) is 4.77. The van der Waals surface area contributed by atoms with Crippen LogP contribution in [0.15, 0.2) is 48.6 Å². The fourth-order valence-corrected chi connectivity index (χ4v) is 2.50. The molecule has 1 aliphatic carbocycles. The number of hydrogen-bond acceptors (Lipinski definition) is 1. The molecule has 0 bridgehead atoms.